The van der Waals surface area contributed by atoms with E-state index >= 15 is 0 Å². The number of piperidine rings is 1. The Morgan fingerprint density at radius 2 is 1.90 bits per heavy atom. The number of carbonyl (C=O) groups is 2. The monoisotopic (exact) mass is 294 g/mol. The second kappa shape index (κ2) is 7.61. The highest BCUT2D eigenvalue weighted by Crippen LogP contribution is 2.14. The molecule has 6 heteroatoms. The molecule has 0 unspecified atom stereocenters. The Morgan fingerprint density at radius 3 is 2.62 bits per heavy atom. The van der Waals surface area contributed by atoms with Gasteiger partial charge in [0.05, 0.1) is 6.54 Å². The van der Waals surface area contributed by atoms with Crippen LogP contribution in [0, 0.1) is 5.82 Å². The molecular weight excluding hydrogens is 275 g/mol. The summed E-state index contributed by atoms with van der Waals surface area (Å²) in [5, 5.41) is 2.49. The van der Waals surface area contributed by atoms with Crippen molar-refractivity contribution in [3.63, 3.8) is 0 Å². The van der Waals surface area contributed by atoms with E-state index in [1.165, 1.54) is 12.1 Å². The molecule has 1 aliphatic heterocycles. The molecule has 1 N–H and O–H groups in total. The van der Waals surface area contributed by atoms with Crippen LogP contribution in [0.5, 0.6) is 5.75 Å². The second-order valence-electron chi connectivity index (χ2n) is 4.94. The summed E-state index contributed by atoms with van der Waals surface area (Å²) in [6.07, 6.45) is 3.17. The normalized spacial score (nSPS) is 14.6. The minimum Gasteiger partial charge on any atom is -0.481 e. The molecule has 0 spiro atoms. The first-order chi connectivity index (χ1) is 10.2. The standard InChI is InChI=1S/C15H19FN2O3/c16-12-6-2-3-7-13(12)21-11-14(19)17-10-15(20)18-8-4-1-5-9-18/h2-3,6-7H,1,4-5,8-11H2,(H,17,19). The number of halogens is 1. The van der Waals surface area contributed by atoms with Crippen LogP contribution in [-0.2, 0) is 9.59 Å². The summed E-state index contributed by atoms with van der Waals surface area (Å²) >= 11 is 0. The SMILES string of the molecule is O=C(COc1ccccc1F)NCC(=O)N1CCCCC1. The number of para-hydroxylation sites is 1. The van der Waals surface area contributed by atoms with E-state index in [0.717, 1.165) is 32.4 Å². The summed E-state index contributed by atoms with van der Waals surface area (Å²) in [5.74, 6) is -1.03. The van der Waals surface area contributed by atoms with Crippen molar-refractivity contribution >= 4 is 11.8 Å². The average molecular weight is 294 g/mol. The fourth-order valence-electron chi connectivity index (χ4n) is 2.19. The van der Waals surface area contributed by atoms with Crippen molar-refractivity contribution in [3.05, 3.63) is 30.1 Å². The minimum atomic E-state index is -0.519. The number of likely N-dealkylation sites (tertiary alicyclic amines) is 1. The zero-order valence-corrected chi connectivity index (χ0v) is 11.8. The summed E-state index contributed by atoms with van der Waals surface area (Å²) in [4.78, 5) is 25.2. The van der Waals surface area contributed by atoms with E-state index in [-0.39, 0.29) is 24.8 Å². The summed E-state index contributed by atoms with van der Waals surface area (Å²) in [5.41, 5.74) is 0. The van der Waals surface area contributed by atoms with Crippen LogP contribution in [0.4, 0.5) is 4.39 Å². The lowest BCUT2D eigenvalue weighted by molar-refractivity contribution is -0.134. The quantitative estimate of drug-likeness (QED) is 0.891. The first-order valence-corrected chi connectivity index (χ1v) is 7.08. The summed E-state index contributed by atoms with van der Waals surface area (Å²) < 4.78 is 18.3. The van der Waals surface area contributed by atoms with Crippen molar-refractivity contribution in [2.45, 2.75) is 19.3 Å². The predicted molar refractivity (Wildman–Crippen MR) is 75.3 cm³/mol. The van der Waals surface area contributed by atoms with E-state index < -0.39 is 11.7 Å². The Bertz CT molecular complexity index is 501. The van der Waals surface area contributed by atoms with E-state index in [0.29, 0.717) is 0 Å². The molecule has 1 aromatic carbocycles. The third kappa shape index (κ3) is 4.73. The lowest BCUT2D eigenvalue weighted by Crippen LogP contribution is -2.43. The highest BCUT2D eigenvalue weighted by Gasteiger charge is 2.17. The van der Waals surface area contributed by atoms with Gasteiger partial charge in [0.2, 0.25) is 5.91 Å². The van der Waals surface area contributed by atoms with Crippen LogP contribution in [0.3, 0.4) is 0 Å². The van der Waals surface area contributed by atoms with Crippen LogP contribution in [-0.4, -0.2) is 43.0 Å². The largest absolute Gasteiger partial charge is 0.481 e. The topological polar surface area (TPSA) is 58.6 Å². The second-order valence-corrected chi connectivity index (χ2v) is 4.94. The number of hydrogen-bond donors (Lipinski definition) is 1. The maximum atomic E-state index is 13.3. The minimum absolute atomic E-state index is 0.0232. The molecule has 0 aromatic heterocycles. The molecule has 0 saturated carbocycles. The molecule has 0 radical (unpaired) electrons. The Balaban J connectivity index is 1.70. The number of benzene rings is 1. The molecule has 5 nitrogen and oxygen atoms in total. The number of ether oxygens (including phenoxy) is 1. The smallest absolute Gasteiger partial charge is 0.258 e. The van der Waals surface area contributed by atoms with E-state index in [1.807, 2.05) is 0 Å². The van der Waals surface area contributed by atoms with Crippen LogP contribution in [0.25, 0.3) is 0 Å². The zero-order valence-electron chi connectivity index (χ0n) is 11.8. The summed E-state index contributed by atoms with van der Waals surface area (Å²) in [6.45, 7) is 1.15. The molecule has 1 heterocycles. The maximum absolute atomic E-state index is 13.3. The predicted octanol–water partition coefficient (Wildman–Crippen LogP) is 1.33. The van der Waals surface area contributed by atoms with Crippen LogP contribution in [0.2, 0.25) is 0 Å². The molecule has 0 atom stereocenters. The number of hydrogen-bond acceptors (Lipinski definition) is 3. The van der Waals surface area contributed by atoms with Crippen molar-refractivity contribution < 1.29 is 18.7 Å². The van der Waals surface area contributed by atoms with Crippen molar-refractivity contribution in [3.8, 4) is 5.75 Å². The van der Waals surface area contributed by atoms with Gasteiger partial charge < -0.3 is 15.0 Å². The van der Waals surface area contributed by atoms with Gasteiger partial charge in [-0.3, -0.25) is 9.59 Å². The van der Waals surface area contributed by atoms with E-state index in [9.17, 15) is 14.0 Å². The van der Waals surface area contributed by atoms with Crippen LogP contribution < -0.4 is 10.1 Å². The van der Waals surface area contributed by atoms with Crippen LogP contribution in [0.1, 0.15) is 19.3 Å². The van der Waals surface area contributed by atoms with Gasteiger partial charge in [-0.25, -0.2) is 4.39 Å². The fraction of sp³-hybridized carbons (Fsp3) is 0.467. The van der Waals surface area contributed by atoms with Crippen LogP contribution in [0.15, 0.2) is 24.3 Å². The van der Waals surface area contributed by atoms with Gasteiger partial charge in [-0.05, 0) is 31.4 Å². The van der Waals surface area contributed by atoms with Crippen molar-refractivity contribution in [1.29, 1.82) is 0 Å². The number of carbonyl (C=O) groups excluding carboxylic acids is 2. The first-order valence-electron chi connectivity index (χ1n) is 7.08. The molecule has 1 aliphatic rings. The van der Waals surface area contributed by atoms with Gasteiger partial charge in [-0.15, -0.1) is 0 Å². The van der Waals surface area contributed by atoms with E-state index in [2.05, 4.69) is 5.32 Å². The molecule has 114 valence electrons. The van der Waals surface area contributed by atoms with Gasteiger partial charge in [0.1, 0.15) is 0 Å². The van der Waals surface area contributed by atoms with Gasteiger partial charge in [-0.2, -0.15) is 0 Å². The lowest BCUT2D eigenvalue weighted by Gasteiger charge is -2.26. The molecule has 0 bridgehead atoms. The summed E-state index contributed by atoms with van der Waals surface area (Å²) in [6, 6.07) is 5.87. The Labute approximate surface area is 123 Å². The molecule has 1 aromatic rings. The molecule has 0 aliphatic carbocycles. The molecule has 1 saturated heterocycles. The van der Waals surface area contributed by atoms with Crippen molar-refractivity contribution in [2.75, 3.05) is 26.2 Å². The molecule has 2 amide bonds. The number of amides is 2. The zero-order chi connectivity index (χ0) is 15.1. The van der Waals surface area contributed by atoms with Gasteiger partial charge in [0, 0.05) is 13.1 Å². The van der Waals surface area contributed by atoms with Gasteiger partial charge in [0.25, 0.3) is 5.91 Å². The Kier molecular flexibility index (Phi) is 5.54. The molecule has 21 heavy (non-hydrogen) atoms. The van der Waals surface area contributed by atoms with Crippen molar-refractivity contribution in [2.24, 2.45) is 0 Å². The molecule has 2 rings (SSSR count). The average Bonchev–Trinajstić information content (AvgIpc) is 2.52. The van der Waals surface area contributed by atoms with Gasteiger partial charge in [0.15, 0.2) is 18.2 Å². The third-order valence-electron chi connectivity index (χ3n) is 3.34. The van der Waals surface area contributed by atoms with Gasteiger partial charge in [-0.1, -0.05) is 12.1 Å². The Morgan fingerprint density at radius 1 is 1.19 bits per heavy atom. The Hall–Kier alpha value is -2.11. The van der Waals surface area contributed by atoms with E-state index in [4.69, 9.17) is 4.74 Å². The summed E-state index contributed by atoms with van der Waals surface area (Å²) in [7, 11) is 0. The van der Waals surface area contributed by atoms with Crippen LogP contribution >= 0.6 is 0 Å². The molecule has 1 fully saturated rings. The molecular formula is C15H19FN2O3. The first kappa shape index (κ1) is 15.3. The maximum Gasteiger partial charge on any atom is 0.258 e. The number of nitrogens with zero attached hydrogens (tertiary/aromatic N) is 1. The number of nitrogens with one attached hydrogen (secondary N) is 1. The van der Waals surface area contributed by atoms with E-state index in [1.54, 1.807) is 17.0 Å². The highest BCUT2D eigenvalue weighted by molar-refractivity contribution is 5.85. The highest BCUT2D eigenvalue weighted by atomic mass is 19.1. The van der Waals surface area contributed by atoms with Gasteiger partial charge >= 0.3 is 0 Å². The number of rotatable bonds is 5. The fourth-order valence-corrected chi connectivity index (χ4v) is 2.19. The lowest BCUT2D eigenvalue weighted by atomic mass is 10.1. The van der Waals surface area contributed by atoms with Crippen molar-refractivity contribution in [1.82, 2.24) is 10.2 Å². The third-order valence-corrected chi connectivity index (χ3v) is 3.34.